The summed E-state index contributed by atoms with van der Waals surface area (Å²) in [5, 5.41) is 13.5. The van der Waals surface area contributed by atoms with Gasteiger partial charge in [0.05, 0.1) is 36.3 Å². The largest absolute Gasteiger partial charge is 0.495 e. The van der Waals surface area contributed by atoms with E-state index in [1.807, 2.05) is 55.3 Å². The lowest BCUT2D eigenvalue weighted by molar-refractivity contribution is 0.336. The number of hydrogen-bond donors (Lipinski definition) is 3. The van der Waals surface area contributed by atoms with Crippen molar-refractivity contribution >= 4 is 23.2 Å². The van der Waals surface area contributed by atoms with Crippen LogP contribution in [-0.2, 0) is 19.6 Å². The number of ether oxygens (including phenoxy) is 1. The number of nitrogens with zero attached hydrogens (tertiary/aromatic N) is 5. The van der Waals surface area contributed by atoms with Crippen LogP contribution in [0.3, 0.4) is 0 Å². The first-order valence-electron chi connectivity index (χ1n) is 12.8. The average Bonchev–Trinajstić information content (AvgIpc) is 3.52. The number of H-pyrrole nitrogens is 1. The van der Waals surface area contributed by atoms with Gasteiger partial charge in [0, 0.05) is 72.7 Å². The summed E-state index contributed by atoms with van der Waals surface area (Å²) >= 11 is 13.2. The van der Waals surface area contributed by atoms with E-state index in [0.29, 0.717) is 42.0 Å². The van der Waals surface area contributed by atoms with Gasteiger partial charge in [0.2, 0.25) is 0 Å². The third-order valence-corrected chi connectivity index (χ3v) is 7.20. The van der Waals surface area contributed by atoms with E-state index >= 15 is 0 Å². The average molecular weight is 572 g/mol. The first kappa shape index (κ1) is 29.1. The first-order chi connectivity index (χ1) is 18.8. The van der Waals surface area contributed by atoms with Gasteiger partial charge in [-0.3, -0.25) is 9.78 Å². The van der Waals surface area contributed by atoms with Gasteiger partial charge < -0.3 is 26.0 Å². The molecule has 9 nitrogen and oxygen atoms in total. The van der Waals surface area contributed by atoms with Crippen LogP contribution in [0.1, 0.15) is 16.7 Å². The maximum Gasteiger partial charge on any atom is 0.137 e. The van der Waals surface area contributed by atoms with Crippen molar-refractivity contribution in [2.24, 2.45) is 11.5 Å². The maximum atomic E-state index is 6.79. The molecule has 0 saturated heterocycles. The highest BCUT2D eigenvalue weighted by Gasteiger charge is 2.17. The predicted molar refractivity (Wildman–Crippen MR) is 158 cm³/mol. The van der Waals surface area contributed by atoms with Crippen LogP contribution in [0.15, 0.2) is 48.8 Å². The number of hydrogen-bond acceptors (Lipinski definition) is 7. The highest BCUT2D eigenvalue weighted by molar-refractivity contribution is 6.32. The highest BCUT2D eigenvalue weighted by Crippen LogP contribution is 2.32. The van der Waals surface area contributed by atoms with E-state index < -0.39 is 0 Å². The van der Waals surface area contributed by atoms with Crippen LogP contribution in [0.4, 0.5) is 0 Å². The second kappa shape index (κ2) is 13.4. The minimum absolute atomic E-state index is 0.520. The summed E-state index contributed by atoms with van der Waals surface area (Å²) in [5.41, 5.74) is 18.3. The molecule has 0 spiro atoms. The molecule has 2 aromatic heterocycles. The van der Waals surface area contributed by atoms with Crippen LogP contribution in [0, 0.1) is 0 Å². The zero-order valence-corrected chi connectivity index (χ0v) is 24.1. The zero-order valence-electron chi connectivity index (χ0n) is 22.6. The van der Waals surface area contributed by atoms with Crippen molar-refractivity contribution in [1.82, 2.24) is 29.8 Å². The van der Waals surface area contributed by atoms with E-state index in [0.717, 1.165) is 58.8 Å². The Morgan fingerprint density at radius 2 is 1.56 bits per heavy atom. The van der Waals surface area contributed by atoms with Crippen LogP contribution >= 0.6 is 23.2 Å². The Morgan fingerprint density at radius 1 is 0.897 bits per heavy atom. The Kier molecular flexibility index (Phi) is 10.0. The highest BCUT2D eigenvalue weighted by atomic mass is 35.5. The summed E-state index contributed by atoms with van der Waals surface area (Å²) in [5.74, 6) is 0.625. The fourth-order valence-corrected chi connectivity index (χ4v) is 5.08. The topological polar surface area (TPSA) is 114 Å². The molecule has 0 bridgehead atoms. The van der Waals surface area contributed by atoms with Crippen LogP contribution in [0.25, 0.3) is 22.5 Å². The second-order valence-corrected chi connectivity index (χ2v) is 10.5. The standard InChI is InChI=1S/C28H36Cl2N8O/c1-36(10-8-31)15-22-14-33-34-27(22)19-4-5-21(24(29)12-19)17-38-18-23(16-37(2)11-9-32)28(35-38)20-6-7-26(39-3)25(30)13-20/h4-7,12-14,18H,8-11,15-17,31-32H2,1-3H3,(H,33,34). The third-order valence-electron chi connectivity index (χ3n) is 6.56. The van der Waals surface area contributed by atoms with Gasteiger partial charge in [-0.15, -0.1) is 0 Å². The van der Waals surface area contributed by atoms with E-state index in [1.54, 1.807) is 7.11 Å². The first-order valence-corrected chi connectivity index (χ1v) is 13.6. The van der Waals surface area contributed by atoms with Crippen molar-refractivity contribution in [1.29, 1.82) is 0 Å². The number of benzene rings is 2. The summed E-state index contributed by atoms with van der Waals surface area (Å²) in [6.45, 7) is 4.74. The molecule has 4 aromatic rings. The molecule has 0 aliphatic carbocycles. The number of likely N-dealkylation sites (N-methyl/N-ethyl adjacent to an activating group) is 2. The normalized spacial score (nSPS) is 11.6. The number of rotatable bonds is 13. The minimum atomic E-state index is 0.520. The summed E-state index contributed by atoms with van der Waals surface area (Å²) in [6.07, 6.45) is 3.91. The van der Waals surface area contributed by atoms with Crippen molar-refractivity contribution in [3.05, 3.63) is 75.5 Å². The molecular weight excluding hydrogens is 535 g/mol. The molecule has 0 saturated carbocycles. The smallest absolute Gasteiger partial charge is 0.137 e. The third kappa shape index (κ3) is 7.19. The number of nitrogens with two attached hydrogens (primary N) is 2. The van der Waals surface area contributed by atoms with Crippen molar-refractivity contribution in [2.75, 3.05) is 47.4 Å². The van der Waals surface area contributed by atoms with Gasteiger partial charge in [-0.05, 0) is 43.9 Å². The van der Waals surface area contributed by atoms with Crippen LogP contribution in [0.2, 0.25) is 10.0 Å². The van der Waals surface area contributed by atoms with Gasteiger partial charge in [-0.1, -0.05) is 35.3 Å². The summed E-state index contributed by atoms with van der Waals surface area (Å²) in [6, 6.07) is 11.8. The van der Waals surface area contributed by atoms with Crippen LogP contribution in [-0.4, -0.2) is 77.2 Å². The van der Waals surface area contributed by atoms with E-state index in [-0.39, 0.29) is 0 Å². The molecule has 0 aliphatic heterocycles. The Bertz CT molecular complexity index is 1390. The molecule has 5 N–H and O–H groups in total. The van der Waals surface area contributed by atoms with Gasteiger partial charge in [0.25, 0.3) is 0 Å². The number of methoxy groups -OCH3 is 1. The minimum Gasteiger partial charge on any atom is -0.495 e. The van der Waals surface area contributed by atoms with Crippen LogP contribution < -0.4 is 16.2 Å². The van der Waals surface area contributed by atoms with Gasteiger partial charge >= 0.3 is 0 Å². The van der Waals surface area contributed by atoms with Gasteiger partial charge in [-0.25, -0.2) is 0 Å². The Balaban J connectivity index is 1.60. The lowest BCUT2D eigenvalue weighted by Crippen LogP contribution is -2.25. The Morgan fingerprint density at radius 3 is 2.21 bits per heavy atom. The molecule has 0 unspecified atom stereocenters. The quantitative estimate of drug-likeness (QED) is 0.222. The monoisotopic (exact) mass is 570 g/mol. The Labute approximate surface area is 239 Å². The van der Waals surface area contributed by atoms with Crippen molar-refractivity contribution in [3.63, 3.8) is 0 Å². The van der Waals surface area contributed by atoms with E-state index in [9.17, 15) is 0 Å². The fraction of sp³-hybridized carbons (Fsp3) is 0.357. The van der Waals surface area contributed by atoms with Gasteiger partial charge in [-0.2, -0.15) is 10.2 Å². The molecule has 4 rings (SSSR count). The van der Waals surface area contributed by atoms with Crippen LogP contribution in [0.5, 0.6) is 5.75 Å². The molecule has 0 fully saturated rings. The molecular formula is C28H36Cl2N8O. The number of nitrogens with one attached hydrogen (secondary N) is 1. The zero-order chi connectivity index (χ0) is 27.9. The number of aromatic amines is 1. The molecule has 0 atom stereocenters. The second-order valence-electron chi connectivity index (χ2n) is 9.68. The van der Waals surface area contributed by atoms with E-state index in [2.05, 4.69) is 32.3 Å². The lowest BCUT2D eigenvalue weighted by Gasteiger charge is -2.15. The van der Waals surface area contributed by atoms with Gasteiger partial charge in [0.1, 0.15) is 5.75 Å². The SMILES string of the molecule is COc1ccc(-c2nn(Cc3ccc(-c4[nH]ncc4CN(C)CCN)cc3Cl)cc2CN(C)CCN)cc1Cl. The maximum absolute atomic E-state index is 6.79. The van der Waals surface area contributed by atoms with Crippen molar-refractivity contribution in [3.8, 4) is 28.3 Å². The van der Waals surface area contributed by atoms with Crippen molar-refractivity contribution < 1.29 is 4.74 Å². The molecule has 0 radical (unpaired) electrons. The summed E-state index contributed by atoms with van der Waals surface area (Å²) < 4.78 is 7.25. The molecule has 208 valence electrons. The molecule has 2 aromatic carbocycles. The lowest BCUT2D eigenvalue weighted by atomic mass is 10.1. The van der Waals surface area contributed by atoms with E-state index in [1.165, 1.54) is 0 Å². The molecule has 0 amide bonds. The predicted octanol–water partition coefficient (Wildman–Crippen LogP) is 4.08. The van der Waals surface area contributed by atoms with Gasteiger partial charge in [0.15, 0.2) is 0 Å². The van der Waals surface area contributed by atoms with Crippen molar-refractivity contribution in [2.45, 2.75) is 19.6 Å². The molecule has 0 aliphatic rings. The molecule has 2 heterocycles. The fourth-order valence-electron chi connectivity index (χ4n) is 4.58. The van der Waals surface area contributed by atoms with E-state index in [4.69, 9.17) is 44.5 Å². The number of halogens is 2. The molecule has 11 heteroatoms. The summed E-state index contributed by atoms with van der Waals surface area (Å²) in [4.78, 5) is 4.34. The molecule has 39 heavy (non-hydrogen) atoms. The number of aromatic nitrogens is 4. The Hall–Kier alpha value is -2.92. The summed E-state index contributed by atoms with van der Waals surface area (Å²) in [7, 11) is 5.69.